The number of hydrogen-bond donors (Lipinski definition) is 1. The van der Waals surface area contributed by atoms with Gasteiger partial charge in [0.05, 0.1) is 20.8 Å². The number of amides is 1. The summed E-state index contributed by atoms with van der Waals surface area (Å²) in [4.78, 5) is 12.4. The van der Waals surface area contributed by atoms with Crippen LogP contribution in [0, 0.1) is 0 Å². The minimum Gasteiger partial charge on any atom is -0.497 e. The van der Waals surface area contributed by atoms with Crippen molar-refractivity contribution in [1.29, 1.82) is 0 Å². The average molecular weight is 391 g/mol. The van der Waals surface area contributed by atoms with Gasteiger partial charge in [0.15, 0.2) is 0 Å². The molecule has 0 saturated heterocycles. The average Bonchev–Trinajstić information content (AvgIpc) is 3.14. The summed E-state index contributed by atoms with van der Waals surface area (Å²) < 4.78 is 22.0. The molecule has 0 bridgehead atoms. The quantitative estimate of drug-likeness (QED) is 0.473. The van der Waals surface area contributed by atoms with Gasteiger partial charge in [-0.1, -0.05) is 18.2 Å². The molecule has 4 rings (SSSR count). The fraction of sp³-hybridized carbons (Fsp3) is 0.174. The van der Waals surface area contributed by atoms with Crippen LogP contribution in [0.25, 0.3) is 21.9 Å². The maximum absolute atomic E-state index is 12.4. The van der Waals surface area contributed by atoms with E-state index in [1.54, 1.807) is 32.4 Å². The minimum atomic E-state index is -0.220. The van der Waals surface area contributed by atoms with E-state index in [0.29, 0.717) is 30.2 Å². The summed E-state index contributed by atoms with van der Waals surface area (Å²) >= 11 is 0. The van der Waals surface area contributed by atoms with Crippen LogP contribution >= 0.6 is 0 Å². The first-order valence-corrected chi connectivity index (χ1v) is 9.23. The second kappa shape index (κ2) is 8.14. The standard InChI is InChI=1S/C23H21NO5/c1-26-17-11-15(12-18(13-17)27-2)23(25)24-9-10-28-16-7-8-22-20(14-16)19-5-3-4-6-21(19)29-22/h3-8,11-14H,9-10H2,1-2H3,(H,24,25). The van der Waals surface area contributed by atoms with Gasteiger partial charge >= 0.3 is 0 Å². The molecule has 0 aliphatic heterocycles. The van der Waals surface area contributed by atoms with Crippen LogP contribution in [0.5, 0.6) is 17.2 Å². The summed E-state index contributed by atoms with van der Waals surface area (Å²) in [7, 11) is 3.09. The molecule has 1 aromatic heterocycles. The predicted octanol–water partition coefficient (Wildman–Crippen LogP) is 4.41. The molecule has 4 aromatic rings. The number of carbonyl (C=O) groups is 1. The van der Waals surface area contributed by atoms with Crippen molar-refractivity contribution in [2.75, 3.05) is 27.4 Å². The van der Waals surface area contributed by atoms with Crippen molar-refractivity contribution >= 4 is 27.8 Å². The van der Waals surface area contributed by atoms with E-state index < -0.39 is 0 Å². The number of rotatable bonds is 7. The largest absolute Gasteiger partial charge is 0.497 e. The lowest BCUT2D eigenvalue weighted by molar-refractivity contribution is 0.0946. The first kappa shape index (κ1) is 18.7. The van der Waals surface area contributed by atoms with E-state index in [1.807, 2.05) is 42.5 Å². The van der Waals surface area contributed by atoms with E-state index >= 15 is 0 Å². The predicted molar refractivity (Wildman–Crippen MR) is 111 cm³/mol. The molecule has 148 valence electrons. The highest BCUT2D eigenvalue weighted by molar-refractivity contribution is 6.05. The van der Waals surface area contributed by atoms with E-state index in [0.717, 1.165) is 27.7 Å². The van der Waals surface area contributed by atoms with Crippen molar-refractivity contribution < 1.29 is 23.4 Å². The summed E-state index contributed by atoms with van der Waals surface area (Å²) in [5.74, 6) is 1.63. The lowest BCUT2D eigenvalue weighted by Gasteiger charge is -2.10. The molecule has 0 fully saturated rings. The Hall–Kier alpha value is -3.67. The molecule has 0 saturated carbocycles. The van der Waals surface area contributed by atoms with Gasteiger partial charge in [-0.2, -0.15) is 0 Å². The van der Waals surface area contributed by atoms with Crippen molar-refractivity contribution in [1.82, 2.24) is 5.32 Å². The highest BCUT2D eigenvalue weighted by Gasteiger charge is 2.10. The molecule has 0 radical (unpaired) electrons. The van der Waals surface area contributed by atoms with E-state index in [-0.39, 0.29) is 5.91 Å². The summed E-state index contributed by atoms with van der Waals surface area (Å²) in [6, 6.07) is 18.6. The lowest BCUT2D eigenvalue weighted by atomic mass is 10.1. The van der Waals surface area contributed by atoms with Crippen LogP contribution in [0.4, 0.5) is 0 Å². The molecular formula is C23H21NO5. The molecule has 1 heterocycles. The Morgan fingerprint density at radius 2 is 1.59 bits per heavy atom. The van der Waals surface area contributed by atoms with Gasteiger partial charge in [-0.05, 0) is 36.4 Å². The second-order valence-electron chi connectivity index (χ2n) is 6.46. The van der Waals surface area contributed by atoms with Gasteiger partial charge in [0, 0.05) is 22.4 Å². The Morgan fingerprint density at radius 1 is 0.862 bits per heavy atom. The molecule has 6 heteroatoms. The van der Waals surface area contributed by atoms with Crippen LogP contribution < -0.4 is 19.5 Å². The number of nitrogens with one attached hydrogen (secondary N) is 1. The molecule has 29 heavy (non-hydrogen) atoms. The van der Waals surface area contributed by atoms with Crippen LogP contribution in [0.3, 0.4) is 0 Å². The van der Waals surface area contributed by atoms with Gasteiger partial charge in [0.25, 0.3) is 5.91 Å². The molecule has 0 aliphatic carbocycles. The van der Waals surface area contributed by atoms with Gasteiger partial charge in [0.2, 0.25) is 0 Å². The van der Waals surface area contributed by atoms with Gasteiger partial charge in [-0.25, -0.2) is 0 Å². The Bertz CT molecular complexity index is 1140. The number of methoxy groups -OCH3 is 2. The van der Waals surface area contributed by atoms with Crippen molar-refractivity contribution in [2.24, 2.45) is 0 Å². The Morgan fingerprint density at radius 3 is 2.34 bits per heavy atom. The Kier molecular flexibility index (Phi) is 5.24. The normalized spacial score (nSPS) is 10.8. The van der Waals surface area contributed by atoms with Crippen LogP contribution in [0.1, 0.15) is 10.4 Å². The fourth-order valence-electron chi connectivity index (χ4n) is 3.17. The van der Waals surface area contributed by atoms with Crippen LogP contribution in [0.15, 0.2) is 65.1 Å². The Balaban J connectivity index is 1.38. The lowest BCUT2D eigenvalue weighted by Crippen LogP contribution is -2.28. The van der Waals surface area contributed by atoms with Crippen LogP contribution in [0.2, 0.25) is 0 Å². The highest BCUT2D eigenvalue weighted by Crippen LogP contribution is 2.31. The number of hydrogen-bond acceptors (Lipinski definition) is 5. The van der Waals surface area contributed by atoms with E-state index in [9.17, 15) is 4.79 Å². The van der Waals surface area contributed by atoms with Crippen molar-refractivity contribution in [2.45, 2.75) is 0 Å². The summed E-state index contributed by atoms with van der Waals surface area (Å²) in [5.41, 5.74) is 2.13. The third kappa shape index (κ3) is 3.96. The maximum atomic E-state index is 12.4. The molecule has 0 spiro atoms. The zero-order valence-electron chi connectivity index (χ0n) is 16.2. The number of ether oxygens (including phenoxy) is 3. The fourth-order valence-corrected chi connectivity index (χ4v) is 3.17. The monoisotopic (exact) mass is 391 g/mol. The molecule has 1 N–H and O–H groups in total. The molecule has 0 unspecified atom stereocenters. The third-order valence-electron chi connectivity index (χ3n) is 4.62. The number of para-hydroxylation sites is 1. The summed E-state index contributed by atoms with van der Waals surface area (Å²) in [6.07, 6.45) is 0. The summed E-state index contributed by atoms with van der Waals surface area (Å²) in [6.45, 7) is 0.705. The third-order valence-corrected chi connectivity index (χ3v) is 4.62. The van der Waals surface area contributed by atoms with E-state index in [2.05, 4.69) is 5.32 Å². The molecule has 3 aromatic carbocycles. The van der Waals surface area contributed by atoms with Gasteiger partial charge in [-0.3, -0.25) is 4.79 Å². The van der Waals surface area contributed by atoms with Crippen LogP contribution in [-0.4, -0.2) is 33.3 Å². The van der Waals surface area contributed by atoms with Gasteiger partial charge in [0.1, 0.15) is 35.0 Å². The van der Waals surface area contributed by atoms with Gasteiger partial charge in [-0.15, -0.1) is 0 Å². The molecule has 6 nitrogen and oxygen atoms in total. The smallest absolute Gasteiger partial charge is 0.251 e. The van der Waals surface area contributed by atoms with E-state index in [1.165, 1.54) is 0 Å². The van der Waals surface area contributed by atoms with Crippen LogP contribution in [-0.2, 0) is 0 Å². The zero-order chi connectivity index (χ0) is 20.2. The SMILES string of the molecule is COc1cc(OC)cc(C(=O)NCCOc2ccc3oc4ccccc4c3c2)c1. The van der Waals surface area contributed by atoms with Crippen molar-refractivity contribution in [3.63, 3.8) is 0 Å². The number of fused-ring (bicyclic) bond motifs is 3. The number of carbonyl (C=O) groups excluding carboxylic acids is 1. The topological polar surface area (TPSA) is 69.9 Å². The second-order valence-corrected chi connectivity index (χ2v) is 6.46. The number of benzene rings is 3. The van der Waals surface area contributed by atoms with Crippen molar-refractivity contribution in [3.05, 3.63) is 66.2 Å². The maximum Gasteiger partial charge on any atom is 0.251 e. The van der Waals surface area contributed by atoms with Crippen molar-refractivity contribution in [3.8, 4) is 17.2 Å². The summed E-state index contributed by atoms with van der Waals surface area (Å²) in [5, 5.41) is 4.89. The van der Waals surface area contributed by atoms with Gasteiger partial charge < -0.3 is 23.9 Å². The minimum absolute atomic E-state index is 0.220. The first-order chi connectivity index (χ1) is 14.2. The highest BCUT2D eigenvalue weighted by atomic mass is 16.5. The number of furan rings is 1. The molecular weight excluding hydrogens is 370 g/mol. The van der Waals surface area contributed by atoms with E-state index in [4.69, 9.17) is 18.6 Å². The first-order valence-electron chi connectivity index (χ1n) is 9.23. The molecule has 1 amide bonds. The Labute approximate surface area is 168 Å². The molecule has 0 aliphatic rings. The molecule has 0 atom stereocenters. The zero-order valence-corrected chi connectivity index (χ0v) is 16.2.